The van der Waals surface area contributed by atoms with Crippen LogP contribution >= 0.6 is 23.1 Å². The van der Waals surface area contributed by atoms with Gasteiger partial charge in [0.15, 0.2) is 0 Å². The molecular formula is C16H19NOS2. The van der Waals surface area contributed by atoms with E-state index in [0.717, 1.165) is 6.54 Å². The van der Waals surface area contributed by atoms with E-state index in [2.05, 4.69) is 22.4 Å². The van der Waals surface area contributed by atoms with Gasteiger partial charge in [-0.1, -0.05) is 6.07 Å². The van der Waals surface area contributed by atoms with E-state index in [1.807, 2.05) is 35.2 Å². The van der Waals surface area contributed by atoms with Crippen LogP contribution in [0.15, 0.2) is 46.7 Å². The molecule has 0 atom stereocenters. The number of thioether (sulfide) groups is 1. The largest absolute Gasteiger partial charge is 0.508 e. The van der Waals surface area contributed by atoms with E-state index in [1.54, 1.807) is 12.1 Å². The first kappa shape index (κ1) is 14.0. The van der Waals surface area contributed by atoms with Crippen molar-refractivity contribution in [2.24, 2.45) is 0 Å². The maximum Gasteiger partial charge on any atom is 0.115 e. The Morgan fingerprint density at radius 1 is 1.15 bits per heavy atom. The van der Waals surface area contributed by atoms with Gasteiger partial charge in [-0.2, -0.15) is 0 Å². The maximum atomic E-state index is 9.30. The number of benzene rings is 1. The van der Waals surface area contributed by atoms with Gasteiger partial charge in [0.2, 0.25) is 0 Å². The highest BCUT2D eigenvalue weighted by molar-refractivity contribution is 8.00. The molecule has 2 nitrogen and oxygen atoms in total. The number of likely N-dealkylation sites (tertiary alicyclic amines) is 1. The summed E-state index contributed by atoms with van der Waals surface area (Å²) in [7, 11) is 0. The number of nitrogens with zero attached hydrogens (tertiary/aromatic N) is 1. The van der Waals surface area contributed by atoms with Crippen LogP contribution in [-0.2, 0) is 6.54 Å². The van der Waals surface area contributed by atoms with Crippen molar-refractivity contribution in [3.63, 3.8) is 0 Å². The highest BCUT2D eigenvalue weighted by atomic mass is 32.2. The first-order chi connectivity index (χ1) is 9.79. The van der Waals surface area contributed by atoms with Crippen molar-refractivity contribution < 1.29 is 5.11 Å². The predicted octanol–water partition coefficient (Wildman–Crippen LogP) is 4.21. The average Bonchev–Trinajstić information content (AvgIpc) is 2.96. The zero-order valence-corrected chi connectivity index (χ0v) is 13.0. The summed E-state index contributed by atoms with van der Waals surface area (Å²) in [4.78, 5) is 5.29. The van der Waals surface area contributed by atoms with E-state index in [4.69, 9.17) is 0 Å². The van der Waals surface area contributed by atoms with Gasteiger partial charge < -0.3 is 5.11 Å². The molecule has 0 amide bonds. The molecule has 3 rings (SSSR count). The Hall–Kier alpha value is -0.970. The minimum absolute atomic E-state index is 0.347. The molecule has 0 spiro atoms. The van der Waals surface area contributed by atoms with Crippen molar-refractivity contribution in [2.75, 3.05) is 13.1 Å². The molecule has 2 aromatic rings. The maximum absolute atomic E-state index is 9.30. The van der Waals surface area contributed by atoms with Crippen LogP contribution < -0.4 is 0 Å². The first-order valence-corrected chi connectivity index (χ1v) is 8.76. The monoisotopic (exact) mass is 305 g/mol. The van der Waals surface area contributed by atoms with Crippen LogP contribution in [0.3, 0.4) is 0 Å². The fourth-order valence-electron chi connectivity index (χ4n) is 2.53. The molecule has 0 bridgehead atoms. The summed E-state index contributed by atoms with van der Waals surface area (Å²) >= 11 is 3.80. The van der Waals surface area contributed by atoms with Crippen molar-refractivity contribution in [1.82, 2.24) is 4.90 Å². The predicted molar refractivity (Wildman–Crippen MR) is 86.6 cm³/mol. The Morgan fingerprint density at radius 2 is 1.90 bits per heavy atom. The summed E-state index contributed by atoms with van der Waals surface area (Å²) in [5.41, 5.74) is 0. The number of phenolic OH excluding ortho intramolecular Hbond substituents is 1. The highest BCUT2D eigenvalue weighted by Crippen LogP contribution is 2.31. The third kappa shape index (κ3) is 3.78. The third-order valence-electron chi connectivity index (χ3n) is 3.63. The van der Waals surface area contributed by atoms with Crippen LogP contribution in [0.1, 0.15) is 17.7 Å². The van der Waals surface area contributed by atoms with Gasteiger partial charge in [0.25, 0.3) is 0 Å². The second kappa shape index (κ2) is 6.66. The zero-order chi connectivity index (χ0) is 13.8. The Balaban J connectivity index is 1.47. The smallest absolute Gasteiger partial charge is 0.115 e. The minimum atomic E-state index is 0.347. The summed E-state index contributed by atoms with van der Waals surface area (Å²) in [5, 5.41) is 12.2. The lowest BCUT2D eigenvalue weighted by atomic mass is 10.1. The second-order valence-electron chi connectivity index (χ2n) is 5.17. The number of phenols is 1. The van der Waals surface area contributed by atoms with Crippen LogP contribution in [0.2, 0.25) is 0 Å². The number of thiophene rings is 1. The molecule has 1 saturated heterocycles. The van der Waals surface area contributed by atoms with Crippen LogP contribution in [0.25, 0.3) is 0 Å². The fourth-order valence-corrected chi connectivity index (χ4v) is 4.40. The van der Waals surface area contributed by atoms with Crippen LogP contribution in [0.5, 0.6) is 5.75 Å². The van der Waals surface area contributed by atoms with Crippen molar-refractivity contribution in [3.05, 3.63) is 46.7 Å². The van der Waals surface area contributed by atoms with Crippen molar-refractivity contribution in [1.29, 1.82) is 0 Å². The normalized spacial score (nSPS) is 17.4. The minimum Gasteiger partial charge on any atom is -0.508 e. The van der Waals surface area contributed by atoms with Gasteiger partial charge in [0, 0.05) is 21.6 Å². The van der Waals surface area contributed by atoms with Crippen molar-refractivity contribution >= 4 is 23.1 Å². The van der Waals surface area contributed by atoms with Gasteiger partial charge in [-0.05, 0) is 61.6 Å². The van der Waals surface area contributed by atoms with E-state index in [9.17, 15) is 5.11 Å². The topological polar surface area (TPSA) is 23.5 Å². The highest BCUT2D eigenvalue weighted by Gasteiger charge is 2.20. The molecule has 0 aliphatic carbocycles. The fraction of sp³-hybridized carbons (Fsp3) is 0.375. The van der Waals surface area contributed by atoms with Crippen LogP contribution in [0, 0.1) is 0 Å². The van der Waals surface area contributed by atoms with Crippen LogP contribution in [0.4, 0.5) is 0 Å². The van der Waals surface area contributed by atoms with Gasteiger partial charge in [0.1, 0.15) is 5.75 Å². The molecule has 0 radical (unpaired) electrons. The average molecular weight is 305 g/mol. The Bertz CT molecular complexity index is 516. The molecule has 20 heavy (non-hydrogen) atoms. The standard InChI is InChI=1S/C16H19NOS2/c18-13-3-5-14(6-4-13)20-15-7-9-17(10-8-15)12-16-2-1-11-19-16/h1-6,11,15,18H,7-10,12H2. The number of aromatic hydroxyl groups is 1. The van der Waals surface area contributed by atoms with Crippen molar-refractivity contribution in [3.8, 4) is 5.75 Å². The van der Waals surface area contributed by atoms with Gasteiger partial charge in [-0.3, -0.25) is 4.90 Å². The molecule has 0 saturated carbocycles. The number of piperidine rings is 1. The van der Waals surface area contributed by atoms with E-state index in [1.165, 1.54) is 35.7 Å². The van der Waals surface area contributed by atoms with Gasteiger partial charge in [0.05, 0.1) is 0 Å². The molecule has 1 aliphatic heterocycles. The van der Waals surface area contributed by atoms with Crippen LogP contribution in [-0.4, -0.2) is 28.3 Å². The zero-order valence-electron chi connectivity index (χ0n) is 11.4. The molecule has 1 aliphatic rings. The Morgan fingerprint density at radius 3 is 2.55 bits per heavy atom. The van der Waals surface area contributed by atoms with E-state index < -0.39 is 0 Å². The Kier molecular flexibility index (Phi) is 4.65. The summed E-state index contributed by atoms with van der Waals surface area (Å²) in [6, 6.07) is 11.9. The lowest BCUT2D eigenvalue weighted by Gasteiger charge is -2.31. The first-order valence-electron chi connectivity index (χ1n) is 7.00. The summed E-state index contributed by atoms with van der Waals surface area (Å²) in [5.74, 6) is 0.347. The van der Waals surface area contributed by atoms with Gasteiger partial charge >= 0.3 is 0 Å². The summed E-state index contributed by atoms with van der Waals surface area (Å²) in [6.07, 6.45) is 2.49. The lowest BCUT2D eigenvalue weighted by Crippen LogP contribution is -2.34. The summed E-state index contributed by atoms with van der Waals surface area (Å²) < 4.78 is 0. The van der Waals surface area contributed by atoms with E-state index in [0.29, 0.717) is 11.0 Å². The molecule has 0 unspecified atom stereocenters. The van der Waals surface area contributed by atoms with E-state index >= 15 is 0 Å². The molecule has 1 N–H and O–H groups in total. The quantitative estimate of drug-likeness (QED) is 0.915. The second-order valence-corrected chi connectivity index (χ2v) is 7.57. The molecule has 106 valence electrons. The molecule has 1 aromatic carbocycles. The number of rotatable bonds is 4. The molecular weight excluding hydrogens is 286 g/mol. The SMILES string of the molecule is Oc1ccc(SC2CCN(Cc3cccs3)CC2)cc1. The third-order valence-corrected chi connectivity index (χ3v) is 5.84. The molecule has 1 fully saturated rings. The van der Waals surface area contributed by atoms with Gasteiger partial charge in [-0.15, -0.1) is 23.1 Å². The number of hydrogen-bond donors (Lipinski definition) is 1. The molecule has 1 aromatic heterocycles. The molecule has 2 heterocycles. The van der Waals surface area contributed by atoms with Crippen molar-refractivity contribution in [2.45, 2.75) is 29.5 Å². The lowest BCUT2D eigenvalue weighted by molar-refractivity contribution is 0.226. The summed E-state index contributed by atoms with van der Waals surface area (Å²) in [6.45, 7) is 3.48. The number of hydrogen-bond acceptors (Lipinski definition) is 4. The van der Waals surface area contributed by atoms with Gasteiger partial charge in [-0.25, -0.2) is 0 Å². The molecule has 4 heteroatoms. The Labute approximate surface area is 128 Å². The van der Waals surface area contributed by atoms with E-state index in [-0.39, 0.29) is 0 Å².